The summed E-state index contributed by atoms with van der Waals surface area (Å²) in [4.78, 5) is 17.1. The van der Waals surface area contributed by atoms with Crippen LogP contribution in [0.25, 0.3) is 0 Å². The van der Waals surface area contributed by atoms with E-state index in [4.69, 9.17) is 27.9 Å². The highest BCUT2D eigenvalue weighted by atomic mass is 35.5. The van der Waals surface area contributed by atoms with E-state index in [0.29, 0.717) is 10.0 Å². The SMILES string of the molecule is COc1ccc([C@H](NC(=O)Cc2ccc(Cl)c(Cl)c2)c2nccn2C)cc1. The molecule has 140 valence electrons. The van der Waals surface area contributed by atoms with Gasteiger partial charge < -0.3 is 14.6 Å². The first kappa shape index (κ1) is 19.3. The largest absolute Gasteiger partial charge is 0.497 e. The Kier molecular flexibility index (Phi) is 6.04. The van der Waals surface area contributed by atoms with Crippen LogP contribution in [-0.4, -0.2) is 22.6 Å². The monoisotopic (exact) mass is 403 g/mol. The van der Waals surface area contributed by atoms with Crippen molar-refractivity contribution in [3.63, 3.8) is 0 Å². The summed E-state index contributed by atoms with van der Waals surface area (Å²) in [5.41, 5.74) is 1.70. The number of amides is 1. The average Bonchev–Trinajstić information content (AvgIpc) is 3.08. The number of aryl methyl sites for hydroxylation is 1. The number of halogens is 2. The fourth-order valence-corrected chi connectivity index (χ4v) is 3.12. The smallest absolute Gasteiger partial charge is 0.225 e. The van der Waals surface area contributed by atoms with Crippen LogP contribution in [0.4, 0.5) is 0 Å². The molecule has 0 saturated heterocycles. The third-order valence-corrected chi connectivity index (χ3v) is 4.96. The number of aromatic nitrogens is 2. The summed E-state index contributed by atoms with van der Waals surface area (Å²) in [6.45, 7) is 0. The zero-order chi connectivity index (χ0) is 19.4. The predicted molar refractivity (Wildman–Crippen MR) is 106 cm³/mol. The van der Waals surface area contributed by atoms with E-state index >= 15 is 0 Å². The zero-order valence-corrected chi connectivity index (χ0v) is 16.5. The van der Waals surface area contributed by atoms with Gasteiger partial charge in [-0.3, -0.25) is 4.79 Å². The Morgan fingerprint density at radius 1 is 1.19 bits per heavy atom. The average molecular weight is 404 g/mol. The molecule has 0 radical (unpaired) electrons. The minimum absolute atomic E-state index is 0.141. The lowest BCUT2D eigenvalue weighted by Crippen LogP contribution is -2.32. The van der Waals surface area contributed by atoms with Gasteiger partial charge in [0.2, 0.25) is 5.91 Å². The molecule has 0 bridgehead atoms. The number of hydrogen-bond donors (Lipinski definition) is 1. The number of hydrogen-bond acceptors (Lipinski definition) is 3. The van der Waals surface area contributed by atoms with Gasteiger partial charge in [-0.2, -0.15) is 0 Å². The van der Waals surface area contributed by atoms with Crippen LogP contribution in [0.1, 0.15) is 23.0 Å². The standard InChI is InChI=1S/C20H19Cl2N3O2/c1-25-10-9-23-20(25)19(14-4-6-15(27-2)7-5-14)24-18(26)12-13-3-8-16(21)17(22)11-13/h3-11,19H,12H2,1-2H3,(H,24,26)/t19-/m0/s1. The fraction of sp³-hybridized carbons (Fsp3) is 0.200. The first-order valence-electron chi connectivity index (χ1n) is 8.32. The van der Waals surface area contributed by atoms with Gasteiger partial charge in [-0.25, -0.2) is 4.98 Å². The number of carbonyl (C=O) groups excluding carboxylic acids is 1. The normalized spacial score (nSPS) is 11.9. The lowest BCUT2D eigenvalue weighted by molar-refractivity contribution is -0.121. The Hall–Kier alpha value is -2.50. The third-order valence-electron chi connectivity index (χ3n) is 4.22. The summed E-state index contributed by atoms with van der Waals surface area (Å²) in [7, 11) is 3.51. The van der Waals surface area contributed by atoms with Gasteiger partial charge in [-0.1, -0.05) is 41.4 Å². The third kappa shape index (κ3) is 4.62. The minimum Gasteiger partial charge on any atom is -0.497 e. The van der Waals surface area contributed by atoms with Gasteiger partial charge in [0.1, 0.15) is 17.6 Å². The molecule has 0 fully saturated rings. The van der Waals surface area contributed by atoms with Crippen molar-refractivity contribution in [2.24, 2.45) is 7.05 Å². The lowest BCUT2D eigenvalue weighted by Gasteiger charge is -2.19. The second-order valence-electron chi connectivity index (χ2n) is 6.10. The number of benzene rings is 2. The molecule has 7 heteroatoms. The highest BCUT2D eigenvalue weighted by molar-refractivity contribution is 6.42. The van der Waals surface area contributed by atoms with Crippen molar-refractivity contribution in [1.29, 1.82) is 0 Å². The number of nitrogens with one attached hydrogen (secondary N) is 1. The van der Waals surface area contributed by atoms with Crippen LogP contribution < -0.4 is 10.1 Å². The quantitative estimate of drug-likeness (QED) is 0.671. The zero-order valence-electron chi connectivity index (χ0n) is 14.9. The van der Waals surface area contributed by atoms with Gasteiger partial charge in [-0.15, -0.1) is 0 Å². The Balaban J connectivity index is 1.83. The molecule has 3 rings (SSSR count). The first-order chi connectivity index (χ1) is 13.0. The first-order valence-corrected chi connectivity index (χ1v) is 9.08. The van der Waals surface area contributed by atoms with E-state index in [1.165, 1.54) is 0 Å². The van der Waals surface area contributed by atoms with Crippen molar-refractivity contribution in [3.05, 3.63) is 81.9 Å². The van der Waals surface area contributed by atoms with Crippen molar-refractivity contribution >= 4 is 29.1 Å². The maximum absolute atomic E-state index is 12.7. The Labute approximate surface area is 167 Å². The van der Waals surface area contributed by atoms with Crippen molar-refractivity contribution in [3.8, 4) is 5.75 Å². The Morgan fingerprint density at radius 2 is 1.93 bits per heavy atom. The van der Waals surface area contributed by atoms with Crippen LogP contribution in [0, 0.1) is 0 Å². The van der Waals surface area contributed by atoms with E-state index < -0.39 is 0 Å². The second kappa shape index (κ2) is 8.46. The van der Waals surface area contributed by atoms with Gasteiger partial charge in [-0.05, 0) is 35.4 Å². The van der Waals surface area contributed by atoms with Gasteiger partial charge >= 0.3 is 0 Å². The van der Waals surface area contributed by atoms with Crippen LogP contribution in [0.2, 0.25) is 10.0 Å². The number of methoxy groups -OCH3 is 1. The van der Waals surface area contributed by atoms with E-state index in [-0.39, 0.29) is 18.4 Å². The van der Waals surface area contributed by atoms with Crippen LogP contribution in [0.3, 0.4) is 0 Å². The van der Waals surface area contributed by atoms with Gasteiger partial charge in [0.05, 0.1) is 23.6 Å². The summed E-state index contributed by atoms with van der Waals surface area (Å²) in [6.07, 6.45) is 3.74. The molecule has 0 aliphatic rings. The lowest BCUT2D eigenvalue weighted by atomic mass is 10.0. The van der Waals surface area contributed by atoms with Gasteiger partial charge in [0, 0.05) is 19.4 Å². The Morgan fingerprint density at radius 3 is 2.52 bits per heavy atom. The summed E-state index contributed by atoms with van der Waals surface area (Å²) >= 11 is 12.0. The molecule has 0 saturated carbocycles. The topological polar surface area (TPSA) is 56.1 Å². The number of rotatable bonds is 6. The summed E-state index contributed by atoms with van der Waals surface area (Å²) in [5.74, 6) is 1.35. The van der Waals surface area contributed by atoms with Crippen molar-refractivity contribution in [2.75, 3.05) is 7.11 Å². The molecule has 5 nitrogen and oxygen atoms in total. The molecule has 0 spiro atoms. The predicted octanol–water partition coefficient (Wildman–Crippen LogP) is 4.18. The summed E-state index contributed by atoms with van der Waals surface area (Å²) in [5, 5.41) is 3.95. The fourth-order valence-electron chi connectivity index (χ4n) is 2.80. The molecule has 0 aliphatic heterocycles. The van der Waals surface area contributed by atoms with E-state index in [1.807, 2.05) is 42.1 Å². The maximum atomic E-state index is 12.7. The molecule has 1 atom stereocenters. The van der Waals surface area contributed by atoms with E-state index in [2.05, 4.69) is 10.3 Å². The van der Waals surface area contributed by atoms with Crippen LogP contribution >= 0.6 is 23.2 Å². The van der Waals surface area contributed by atoms with Crippen LogP contribution in [0.15, 0.2) is 54.9 Å². The molecular weight excluding hydrogens is 385 g/mol. The highest BCUT2D eigenvalue weighted by Gasteiger charge is 2.21. The Bertz CT molecular complexity index is 939. The van der Waals surface area contributed by atoms with Gasteiger partial charge in [0.15, 0.2) is 0 Å². The van der Waals surface area contributed by atoms with E-state index in [0.717, 1.165) is 22.7 Å². The highest BCUT2D eigenvalue weighted by Crippen LogP contribution is 2.25. The molecular formula is C20H19Cl2N3O2. The van der Waals surface area contributed by atoms with Crippen molar-refractivity contribution < 1.29 is 9.53 Å². The van der Waals surface area contributed by atoms with E-state index in [1.54, 1.807) is 31.5 Å². The maximum Gasteiger partial charge on any atom is 0.225 e. The molecule has 1 heterocycles. The van der Waals surface area contributed by atoms with Crippen molar-refractivity contribution in [1.82, 2.24) is 14.9 Å². The van der Waals surface area contributed by atoms with Gasteiger partial charge in [0.25, 0.3) is 0 Å². The molecule has 0 aliphatic carbocycles. The molecule has 1 N–H and O–H groups in total. The number of nitrogens with zero attached hydrogens (tertiary/aromatic N) is 2. The second-order valence-corrected chi connectivity index (χ2v) is 6.91. The number of imidazole rings is 1. The van der Waals surface area contributed by atoms with E-state index in [9.17, 15) is 4.79 Å². The van der Waals surface area contributed by atoms with Crippen molar-refractivity contribution in [2.45, 2.75) is 12.5 Å². The van der Waals surface area contributed by atoms with Crippen LogP contribution in [0.5, 0.6) is 5.75 Å². The molecule has 1 amide bonds. The minimum atomic E-state index is -0.383. The number of ether oxygens (including phenoxy) is 1. The molecule has 1 aromatic heterocycles. The molecule has 0 unspecified atom stereocenters. The summed E-state index contributed by atoms with van der Waals surface area (Å²) in [6, 6.07) is 12.3. The molecule has 2 aromatic carbocycles. The molecule has 3 aromatic rings. The summed E-state index contributed by atoms with van der Waals surface area (Å²) < 4.78 is 7.10. The number of carbonyl (C=O) groups is 1. The van der Waals surface area contributed by atoms with Crippen LogP contribution in [-0.2, 0) is 18.3 Å². The molecule has 27 heavy (non-hydrogen) atoms.